The highest BCUT2D eigenvalue weighted by molar-refractivity contribution is 5.85. The van der Waals surface area contributed by atoms with Crippen molar-refractivity contribution in [3.05, 3.63) is 52.3 Å². The Hall–Kier alpha value is -3.16. The van der Waals surface area contributed by atoms with Crippen molar-refractivity contribution in [2.75, 3.05) is 5.73 Å². The molecule has 1 aromatic heterocycles. The highest BCUT2D eigenvalue weighted by Gasteiger charge is 2.13. The summed E-state index contributed by atoms with van der Waals surface area (Å²) in [5.41, 5.74) is 5.01. The maximum absolute atomic E-state index is 10.8. The second-order valence-electron chi connectivity index (χ2n) is 3.76. The van der Waals surface area contributed by atoms with Gasteiger partial charge in [0.2, 0.25) is 0 Å². The van der Waals surface area contributed by atoms with E-state index in [1.807, 2.05) is 0 Å². The molecule has 0 unspecified atom stereocenters. The van der Waals surface area contributed by atoms with E-state index in [1.165, 1.54) is 30.5 Å². The Labute approximate surface area is 112 Å². The second kappa shape index (κ2) is 5.22. The molecule has 0 fully saturated rings. The number of hydrogen-bond donors (Lipinski definition) is 2. The minimum absolute atomic E-state index is 0.0169. The van der Waals surface area contributed by atoms with Crippen LogP contribution in [0.25, 0.3) is 0 Å². The maximum Gasteiger partial charge on any atom is 0.354 e. The molecule has 0 amide bonds. The topological polar surface area (TPSA) is 129 Å². The average Bonchev–Trinajstić information content (AvgIpc) is 2.41. The van der Waals surface area contributed by atoms with Crippen molar-refractivity contribution in [2.24, 2.45) is 0 Å². The number of carboxylic acid groups (broad SMARTS) is 1. The van der Waals surface area contributed by atoms with Crippen molar-refractivity contribution in [1.29, 1.82) is 0 Å². The van der Waals surface area contributed by atoms with Gasteiger partial charge in [-0.15, -0.1) is 0 Å². The van der Waals surface area contributed by atoms with Gasteiger partial charge in [0.15, 0.2) is 5.69 Å². The average molecular weight is 275 g/mol. The molecular formula is C12H9N3O5. The predicted octanol–water partition coefficient (Wildman–Crippen LogP) is 2.06. The Morgan fingerprint density at radius 2 is 2.00 bits per heavy atom. The van der Waals surface area contributed by atoms with Crippen LogP contribution in [0.3, 0.4) is 0 Å². The molecule has 0 aliphatic heterocycles. The van der Waals surface area contributed by atoms with Crippen molar-refractivity contribution in [1.82, 2.24) is 4.98 Å². The lowest BCUT2D eigenvalue weighted by molar-refractivity contribution is -0.384. The zero-order chi connectivity index (χ0) is 14.7. The van der Waals surface area contributed by atoms with Gasteiger partial charge < -0.3 is 15.6 Å². The van der Waals surface area contributed by atoms with Gasteiger partial charge >= 0.3 is 5.97 Å². The molecule has 0 atom stereocenters. The van der Waals surface area contributed by atoms with Crippen LogP contribution in [0.15, 0.2) is 36.5 Å². The van der Waals surface area contributed by atoms with Gasteiger partial charge in [0.05, 0.1) is 11.0 Å². The number of nitrogen functional groups attached to an aromatic ring is 1. The Bertz CT molecular complexity index is 687. The van der Waals surface area contributed by atoms with Crippen molar-refractivity contribution in [2.45, 2.75) is 0 Å². The smallest absolute Gasteiger partial charge is 0.354 e. The van der Waals surface area contributed by atoms with Crippen molar-refractivity contribution in [3.63, 3.8) is 0 Å². The Morgan fingerprint density at radius 3 is 2.65 bits per heavy atom. The van der Waals surface area contributed by atoms with E-state index in [-0.39, 0.29) is 28.6 Å². The van der Waals surface area contributed by atoms with E-state index in [9.17, 15) is 14.9 Å². The quantitative estimate of drug-likeness (QED) is 0.496. The molecule has 0 saturated carbocycles. The second-order valence-corrected chi connectivity index (χ2v) is 3.76. The molecule has 1 aromatic carbocycles. The summed E-state index contributed by atoms with van der Waals surface area (Å²) in [4.78, 5) is 24.5. The molecule has 3 N–H and O–H groups in total. The van der Waals surface area contributed by atoms with E-state index in [0.29, 0.717) is 0 Å². The summed E-state index contributed by atoms with van der Waals surface area (Å²) >= 11 is 0. The normalized spacial score (nSPS) is 10.0. The fraction of sp³-hybridized carbons (Fsp3) is 0. The fourth-order valence-corrected chi connectivity index (χ4v) is 1.47. The van der Waals surface area contributed by atoms with Gasteiger partial charge in [0.1, 0.15) is 17.2 Å². The largest absolute Gasteiger partial charge is 0.477 e. The first-order valence-corrected chi connectivity index (χ1v) is 5.38. The summed E-state index contributed by atoms with van der Waals surface area (Å²) in [6.07, 6.45) is 1.27. The number of pyridine rings is 1. The van der Waals surface area contributed by atoms with Gasteiger partial charge in [-0.1, -0.05) is 0 Å². The molecule has 8 nitrogen and oxygen atoms in total. The first-order chi connectivity index (χ1) is 9.47. The fourth-order valence-electron chi connectivity index (χ4n) is 1.47. The molecular weight excluding hydrogens is 266 g/mol. The highest BCUT2D eigenvalue weighted by Crippen LogP contribution is 2.29. The molecule has 2 rings (SSSR count). The summed E-state index contributed by atoms with van der Waals surface area (Å²) in [6, 6.07) is 6.60. The van der Waals surface area contributed by atoms with Crippen LogP contribution in [-0.2, 0) is 0 Å². The molecule has 0 aliphatic rings. The zero-order valence-corrected chi connectivity index (χ0v) is 10.0. The number of nitrogens with two attached hydrogens (primary N) is 1. The molecule has 102 valence electrons. The van der Waals surface area contributed by atoms with E-state index in [2.05, 4.69) is 4.98 Å². The van der Waals surface area contributed by atoms with Crippen LogP contribution in [0.5, 0.6) is 11.5 Å². The third-order valence-corrected chi connectivity index (χ3v) is 2.38. The van der Waals surface area contributed by atoms with Gasteiger partial charge in [0, 0.05) is 12.3 Å². The van der Waals surface area contributed by atoms with E-state index in [4.69, 9.17) is 15.6 Å². The number of ether oxygens (including phenoxy) is 1. The number of carboxylic acids is 1. The van der Waals surface area contributed by atoms with Gasteiger partial charge in [-0.2, -0.15) is 0 Å². The van der Waals surface area contributed by atoms with Crippen molar-refractivity contribution in [3.8, 4) is 11.5 Å². The number of carbonyl (C=O) groups is 1. The van der Waals surface area contributed by atoms with Gasteiger partial charge in [-0.05, 0) is 18.2 Å². The molecule has 0 saturated heterocycles. The van der Waals surface area contributed by atoms with Gasteiger partial charge in [-0.3, -0.25) is 10.1 Å². The van der Waals surface area contributed by atoms with Crippen LogP contribution < -0.4 is 10.5 Å². The lowest BCUT2D eigenvalue weighted by atomic mass is 10.2. The lowest BCUT2D eigenvalue weighted by Crippen LogP contribution is -2.00. The number of anilines is 1. The van der Waals surface area contributed by atoms with E-state index < -0.39 is 10.9 Å². The van der Waals surface area contributed by atoms with Crippen LogP contribution in [-0.4, -0.2) is 21.0 Å². The molecule has 0 spiro atoms. The number of hydrogen-bond acceptors (Lipinski definition) is 6. The van der Waals surface area contributed by atoms with Crippen LogP contribution >= 0.6 is 0 Å². The molecule has 20 heavy (non-hydrogen) atoms. The maximum atomic E-state index is 10.8. The minimum atomic E-state index is -1.20. The first kappa shape index (κ1) is 13.3. The summed E-state index contributed by atoms with van der Waals surface area (Å²) in [5.74, 6) is -0.816. The van der Waals surface area contributed by atoms with Crippen molar-refractivity contribution < 1.29 is 19.6 Å². The van der Waals surface area contributed by atoms with Crippen molar-refractivity contribution >= 4 is 17.3 Å². The molecule has 0 aliphatic carbocycles. The van der Waals surface area contributed by atoms with Crippen LogP contribution in [0.1, 0.15) is 10.5 Å². The number of aromatic nitrogens is 1. The summed E-state index contributed by atoms with van der Waals surface area (Å²) in [6.45, 7) is 0. The Morgan fingerprint density at radius 1 is 1.30 bits per heavy atom. The first-order valence-electron chi connectivity index (χ1n) is 5.38. The highest BCUT2D eigenvalue weighted by atomic mass is 16.6. The summed E-state index contributed by atoms with van der Waals surface area (Å²) in [5, 5.41) is 19.6. The van der Waals surface area contributed by atoms with Crippen LogP contribution in [0, 0.1) is 10.1 Å². The number of aromatic carboxylic acids is 1. The molecule has 0 bridgehead atoms. The standard InChI is InChI=1S/C12H9N3O5/c13-9-2-1-7(6-11(9)15(18)19)20-8-3-4-14-10(5-8)12(16)17/h1-6H,13H2,(H,16,17). The van der Waals surface area contributed by atoms with Crippen LogP contribution in [0.2, 0.25) is 0 Å². The zero-order valence-electron chi connectivity index (χ0n) is 10.0. The number of nitro benzene ring substituents is 1. The molecule has 8 heteroatoms. The van der Waals surface area contributed by atoms with E-state index in [1.54, 1.807) is 0 Å². The number of benzene rings is 1. The van der Waals surface area contributed by atoms with Crippen LogP contribution in [0.4, 0.5) is 11.4 Å². The third kappa shape index (κ3) is 2.80. The molecule has 2 aromatic rings. The predicted molar refractivity (Wildman–Crippen MR) is 68.8 cm³/mol. The number of rotatable bonds is 4. The summed E-state index contributed by atoms with van der Waals surface area (Å²) in [7, 11) is 0. The number of nitrogens with zero attached hydrogens (tertiary/aromatic N) is 2. The number of nitro groups is 1. The molecule has 1 heterocycles. The SMILES string of the molecule is Nc1ccc(Oc2ccnc(C(=O)O)c2)cc1[N+](=O)[O-]. The Kier molecular flexibility index (Phi) is 3.47. The van der Waals surface area contributed by atoms with Gasteiger partial charge in [-0.25, -0.2) is 9.78 Å². The monoisotopic (exact) mass is 275 g/mol. The lowest BCUT2D eigenvalue weighted by Gasteiger charge is -2.06. The Balaban J connectivity index is 2.30. The van der Waals surface area contributed by atoms with E-state index in [0.717, 1.165) is 6.07 Å². The van der Waals surface area contributed by atoms with E-state index >= 15 is 0 Å². The summed E-state index contributed by atoms with van der Waals surface area (Å²) < 4.78 is 5.35. The third-order valence-electron chi connectivity index (χ3n) is 2.38. The molecule has 0 radical (unpaired) electrons. The minimum Gasteiger partial charge on any atom is -0.477 e. The van der Waals surface area contributed by atoms with Gasteiger partial charge in [0.25, 0.3) is 5.69 Å².